The van der Waals surface area contributed by atoms with Crippen LogP contribution in [0, 0.1) is 11.8 Å². The van der Waals surface area contributed by atoms with Crippen molar-refractivity contribution in [2.45, 2.75) is 13.0 Å². The lowest BCUT2D eigenvalue weighted by Gasteiger charge is -2.24. The van der Waals surface area contributed by atoms with Crippen LogP contribution < -0.4 is 0 Å². The Morgan fingerprint density at radius 3 is 3.00 bits per heavy atom. The van der Waals surface area contributed by atoms with E-state index < -0.39 is 0 Å². The van der Waals surface area contributed by atoms with Crippen LogP contribution in [0.1, 0.15) is 22.8 Å². The van der Waals surface area contributed by atoms with E-state index in [1.165, 1.54) is 0 Å². The van der Waals surface area contributed by atoms with Gasteiger partial charge in [0.25, 0.3) is 5.91 Å². The Morgan fingerprint density at radius 2 is 2.37 bits per heavy atom. The molecule has 19 heavy (non-hydrogen) atoms. The Bertz CT molecular complexity index is 494. The molecular weight excluding hydrogens is 260 g/mol. The number of aliphatic hydroxyl groups is 1. The third kappa shape index (κ3) is 4.27. The molecule has 0 spiro atoms. The zero-order valence-corrected chi connectivity index (χ0v) is 12.2. The summed E-state index contributed by atoms with van der Waals surface area (Å²) >= 11 is 1.70. The smallest absolute Gasteiger partial charge is 0.255 e. The van der Waals surface area contributed by atoms with Gasteiger partial charge >= 0.3 is 0 Å². The number of aromatic nitrogens is 1. The highest BCUT2D eigenvalue weighted by molar-refractivity contribution is 7.98. The van der Waals surface area contributed by atoms with Gasteiger partial charge in [-0.15, -0.1) is 0 Å². The first-order chi connectivity index (χ1) is 9.11. The van der Waals surface area contributed by atoms with E-state index in [4.69, 9.17) is 5.11 Å². The fourth-order valence-electron chi connectivity index (χ4n) is 1.56. The number of carbonyl (C=O) groups excluding carboxylic acids is 1. The second-order valence-corrected chi connectivity index (χ2v) is 5.01. The molecule has 1 aromatic rings. The number of hydrogen-bond donors (Lipinski definition) is 1. The summed E-state index contributed by atoms with van der Waals surface area (Å²) in [5.74, 6) is 6.10. The lowest BCUT2D eigenvalue weighted by atomic mass is 10.1. The maximum absolute atomic E-state index is 12.4. The molecule has 0 aromatic carbocycles. The molecule has 102 valence electrons. The molecule has 0 aliphatic rings. The Kier molecular flexibility index (Phi) is 6.40. The van der Waals surface area contributed by atoms with Crippen molar-refractivity contribution in [1.29, 1.82) is 0 Å². The van der Waals surface area contributed by atoms with Gasteiger partial charge in [0.1, 0.15) is 6.61 Å². The first-order valence-corrected chi connectivity index (χ1v) is 7.31. The third-order valence-corrected chi connectivity index (χ3v) is 3.56. The Morgan fingerprint density at radius 1 is 1.63 bits per heavy atom. The molecule has 0 fully saturated rings. The van der Waals surface area contributed by atoms with Gasteiger partial charge in [-0.2, -0.15) is 11.8 Å². The van der Waals surface area contributed by atoms with E-state index in [2.05, 4.69) is 16.8 Å². The maximum atomic E-state index is 12.4. The van der Waals surface area contributed by atoms with E-state index in [1.54, 1.807) is 42.2 Å². The minimum Gasteiger partial charge on any atom is -0.384 e. The monoisotopic (exact) mass is 278 g/mol. The fourth-order valence-corrected chi connectivity index (χ4v) is 2.26. The average molecular weight is 278 g/mol. The predicted octanol–water partition coefficient (Wildman–Crippen LogP) is 1.25. The van der Waals surface area contributed by atoms with E-state index in [0.29, 0.717) is 11.1 Å². The SMILES string of the molecule is CSCC(C)N(C)C(=O)c1ccncc1C#CCO. The fraction of sp³-hybridized carbons (Fsp3) is 0.429. The van der Waals surface area contributed by atoms with Crippen LogP contribution >= 0.6 is 11.8 Å². The Labute approximate surface area is 118 Å². The van der Waals surface area contributed by atoms with E-state index in [0.717, 1.165) is 5.75 Å². The van der Waals surface area contributed by atoms with Gasteiger partial charge in [-0.3, -0.25) is 9.78 Å². The summed E-state index contributed by atoms with van der Waals surface area (Å²) in [6, 6.07) is 1.81. The first kappa shape index (κ1) is 15.5. The topological polar surface area (TPSA) is 53.4 Å². The zero-order chi connectivity index (χ0) is 14.3. The van der Waals surface area contributed by atoms with Crippen molar-refractivity contribution >= 4 is 17.7 Å². The molecule has 0 saturated heterocycles. The number of thioether (sulfide) groups is 1. The predicted molar refractivity (Wildman–Crippen MR) is 78.1 cm³/mol. The second kappa shape index (κ2) is 7.82. The van der Waals surface area contributed by atoms with Gasteiger partial charge in [-0.05, 0) is 19.2 Å². The normalized spacial score (nSPS) is 11.4. The molecular formula is C14H18N2O2S. The first-order valence-electron chi connectivity index (χ1n) is 5.91. The zero-order valence-electron chi connectivity index (χ0n) is 11.4. The van der Waals surface area contributed by atoms with Crippen molar-refractivity contribution in [2.24, 2.45) is 0 Å². The molecule has 0 radical (unpaired) electrons. The summed E-state index contributed by atoms with van der Waals surface area (Å²) in [5, 5.41) is 8.73. The van der Waals surface area contributed by atoms with Crippen LogP contribution in [0.15, 0.2) is 18.5 Å². The van der Waals surface area contributed by atoms with Gasteiger partial charge in [0.2, 0.25) is 0 Å². The van der Waals surface area contributed by atoms with Gasteiger partial charge in [-0.1, -0.05) is 11.8 Å². The molecule has 1 N–H and O–H groups in total. The standard InChI is InChI=1S/C14H18N2O2S/c1-11(10-19-3)16(2)14(18)13-6-7-15-9-12(13)5-4-8-17/h6-7,9,11,17H,8,10H2,1-3H3. The molecule has 0 bridgehead atoms. The Hall–Kier alpha value is -1.51. The maximum Gasteiger partial charge on any atom is 0.255 e. The number of aliphatic hydroxyl groups excluding tert-OH is 1. The summed E-state index contributed by atoms with van der Waals surface area (Å²) in [6.45, 7) is 1.77. The minimum absolute atomic E-state index is 0.0776. The highest BCUT2D eigenvalue weighted by Gasteiger charge is 2.19. The van der Waals surface area contributed by atoms with E-state index in [-0.39, 0.29) is 18.6 Å². The number of pyridine rings is 1. The largest absolute Gasteiger partial charge is 0.384 e. The van der Waals surface area contributed by atoms with Crippen molar-refractivity contribution < 1.29 is 9.90 Å². The van der Waals surface area contributed by atoms with Crippen LogP contribution in [0.5, 0.6) is 0 Å². The number of carbonyl (C=O) groups is 1. The van der Waals surface area contributed by atoms with E-state index in [1.807, 2.05) is 13.2 Å². The van der Waals surface area contributed by atoms with Crippen LogP contribution in [-0.2, 0) is 0 Å². The third-order valence-electron chi connectivity index (χ3n) is 2.74. The van der Waals surface area contributed by atoms with Crippen LogP contribution in [0.25, 0.3) is 0 Å². The lowest BCUT2D eigenvalue weighted by Crippen LogP contribution is -2.37. The van der Waals surface area contributed by atoms with Gasteiger partial charge in [-0.25, -0.2) is 0 Å². The van der Waals surface area contributed by atoms with Crippen molar-refractivity contribution in [1.82, 2.24) is 9.88 Å². The molecule has 1 heterocycles. The van der Waals surface area contributed by atoms with Crippen molar-refractivity contribution in [3.8, 4) is 11.8 Å². The van der Waals surface area contributed by atoms with Gasteiger partial charge in [0, 0.05) is 31.2 Å². The van der Waals surface area contributed by atoms with Gasteiger partial charge in [0.15, 0.2) is 0 Å². The highest BCUT2D eigenvalue weighted by atomic mass is 32.2. The van der Waals surface area contributed by atoms with Crippen LogP contribution in [0.4, 0.5) is 0 Å². The molecule has 1 amide bonds. The van der Waals surface area contributed by atoms with E-state index in [9.17, 15) is 4.79 Å². The van der Waals surface area contributed by atoms with Crippen molar-refractivity contribution in [3.63, 3.8) is 0 Å². The summed E-state index contributed by atoms with van der Waals surface area (Å²) < 4.78 is 0. The highest BCUT2D eigenvalue weighted by Crippen LogP contribution is 2.12. The lowest BCUT2D eigenvalue weighted by molar-refractivity contribution is 0.0757. The molecule has 1 rings (SSSR count). The molecule has 1 aromatic heterocycles. The molecule has 4 nitrogen and oxygen atoms in total. The number of rotatable bonds is 4. The minimum atomic E-state index is -0.235. The molecule has 1 atom stereocenters. The van der Waals surface area contributed by atoms with Crippen LogP contribution in [0.3, 0.4) is 0 Å². The number of amides is 1. The molecule has 1 unspecified atom stereocenters. The molecule has 0 saturated carbocycles. The van der Waals surface area contributed by atoms with Crippen molar-refractivity contribution in [3.05, 3.63) is 29.6 Å². The Balaban J connectivity index is 2.99. The quantitative estimate of drug-likeness (QED) is 0.842. The van der Waals surface area contributed by atoms with Gasteiger partial charge < -0.3 is 10.0 Å². The molecule has 0 aliphatic carbocycles. The average Bonchev–Trinajstić information content (AvgIpc) is 2.44. The van der Waals surface area contributed by atoms with E-state index >= 15 is 0 Å². The summed E-state index contributed by atoms with van der Waals surface area (Å²) in [7, 11) is 1.78. The second-order valence-electron chi connectivity index (χ2n) is 4.10. The molecule has 5 heteroatoms. The molecule has 0 aliphatic heterocycles. The van der Waals surface area contributed by atoms with Gasteiger partial charge in [0.05, 0.1) is 11.1 Å². The van der Waals surface area contributed by atoms with Crippen molar-refractivity contribution in [2.75, 3.05) is 25.7 Å². The van der Waals surface area contributed by atoms with Crippen LogP contribution in [0.2, 0.25) is 0 Å². The number of nitrogens with zero attached hydrogens (tertiary/aromatic N) is 2. The number of hydrogen-bond acceptors (Lipinski definition) is 4. The summed E-state index contributed by atoms with van der Waals surface area (Å²) in [5.41, 5.74) is 1.07. The summed E-state index contributed by atoms with van der Waals surface area (Å²) in [6.07, 6.45) is 5.13. The summed E-state index contributed by atoms with van der Waals surface area (Å²) in [4.78, 5) is 18.1. The van der Waals surface area contributed by atoms with Crippen LogP contribution in [-0.4, -0.2) is 52.6 Å².